The number of H-pyrrole nitrogens is 1. The van der Waals surface area contributed by atoms with Gasteiger partial charge in [-0.3, -0.25) is 4.79 Å². The molecular formula is C42H75N3O3. The van der Waals surface area contributed by atoms with Crippen molar-refractivity contribution in [2.45, 2.75) is 187 Å². The third kappa shape index (κ3) is 21.3. The van der Waals surface area contributed by atoms with E-state index < -0.39 is 6.04 Å². The summed E-state index contributed by atoms with van der Waals surface area (Å²) >= 11 is 0. The maximum Gasteiger partial charge on any atom is 0.237 e. The number of nitrogens with one attached hydrogen (secondary N) is 2. The average molecular weight is 670 g/mol. The SMILES string of the molecule is CCCCCCCCCCCCCCOCC(CNC(=O)[C@@H](N)Cc1c[nH]c2ccccc12)OCCCCCCCCCCCCCC. The summed E-state index contributed by atoms with van der Waals surface area (Å²) < 4.78 is 12.3. The average Bonchev–Trinajstić information content (AvgIpc) is 3.51. The monoisotopic (exact) mass is 670 g/mol. The predicted molar refractivity (Wildman–Crippen MR) is 206 cm³/mol. The van der Waals surface area contributed by atoms with E-state index >= 15 is 0 Å². The van der Waals surface area contributed by atoms with Crippen molar-refractivity contribution in [3.63, 3.8) is 0 Å². The first kappa shape index (κ1) is 42.3. The Morgan fingerprint density at radius 1 is 0.688 bits per heavy atom. The molecule has 2 aromatic rings. The van der Waals surface area contributed by atoms with Crippen molar-refractivity contribution < 1.29 is 14.3 Å². The van der Waals surface area contributed by atoms with Crippen LogP contribution in [-0.4, -0.2) is 49.4 Å². The largest absolute Gasteiger partial charge is 0.379 e. The molecule has 4 N–H and O–H groups in total. The fourth-order valence-electron chi connectivity index (χ4n) is 6.59. The standard InChI is InChI=1S/C42H75N3O3/c1-3-5-7-9-11-13-15-17-19-21-23-27-31-47-36-38(48-32-28-24-22-20-18-16-14-12-10-8-6-4-2)35-45-42(46)40(43)33-37-34-44-41-30-26-25-29-39(37)41/h25-26,29-30,34,38,40,44H,3-24,27-28,31-33,35-36,43H2,1-2H3,(H,45,46)/t38?,40-/m0/s1. The minimum absolute atomic E-state index is 0.139. The third-order valence-electron chi connectivity index (χ3n) is 9.75. The molecule has 0 fully saturated rings. The Morgan fingerprint density at radius 2 is 1.17 bits per heavy atom. The molecule has 0 radical (unpaired) electrons. The number of carbonyl (C=O) groups excluding carboxylic acids is 1. The maximum absolute atomic E-state index is 13.0. The van der Waals surface area contributed by atoms with Gasteiger partial charge < -0.3 is 25.5 Å². The van der Waals surface area contributed by atoms with Crippen LogP contribution in [0.15, 0.2) is 30.5 Å². The molecular weight excluding hydrogens is 594 g/mol. The van der Waals surface area contributed by atoms with E-state index in [1.54, 1.807) is 0 Å². The number of unbranched alkanes of at least 4 members (excludes halogenated alkanes) is 22. The van der Waals surface area contributed by atoms with E-state index in [0.29, 0.717) is 26.2 Å². The van der Waals surface area contributed by atoms with Gasteiger partial charge in [-0.15, -0.1) is 0 Å². The van der Waals surface area contributed by atoms with Gasteiger partial charge in [-0.05, 0) is 30.9 Å². The lowest BCUT2D eigenvalue weighted by Gasteiger charge is -2.20. The summed E-state index contributed by atoms with van der Waals surface area (Å²) in [4.78, 5) is 16.2. The van der Waals surface area contributed by atoms with Crippen molar-refractivity contribution >= 4 is 16.8 Å². The maximum atomic E-state index is 13.0. The molecule has 0 saturated carbocycles. The molecule has 1 aromatic carbocycles. The highest BCUT2D eigenvalue weighted by Crippen LogP contribution is 2.19. The fraction of sp³-hybridized carbons (Fsp3) is 0.786. The number of ether oxygens (including phenoxy) is 2. The molecule has 0 aliphatic heterocycles. The number of aromatic amines is 1. The van der Waals surface area contributed by atoms with E-state index in [0.717, 1.165) is 35.9 Å². The Hall–Kier alpha value is -1.89. The van der Waals surface area contributed by atoms with Crippen LogP contribution in [0.3, 0.4) is 0 Å². The van der Waals surface area contributed by atoms with Crippen LogP contribution in [0.5, 0.6) is 0 Å². The Balaban J connectivity index is 1.61. The number of aromatic nitrogens is 1. The summed E-state index contributed by atoms with van der Waals surface area (Å²) in [6.45, 7) is 6.96. The van der Waals surface area contributed by atoms with Crippen molar-refractivity contribution in [2.75, 3.05) is 26.4 Å². The molecule has 0 spiro atoms. The molecule has 6 heteroatoms. The van der Waals surface area contributed by atoms with Gasteiger partial charge in [0.05, 0.1) is 18.8 Å². The summed E-state index contributed by atoms with van der Waals surface area (Å²) in [5, 5.41) is 4.18. The van der Waals surface area contributed by atoms with E-state index in [9.17, 15) is 4.79 Å². The molecule has 2 atom stereocenters. The molecule has 1 heterocycles. The number of hydrogen-bond acceptors (Lipinski definition) is 4. The molecule has 2 rings (SSSR count). The topological polar surface area (TPSA) is 89.4 Å². The van der Waals surface area contributed by atoms with Gasteiger partial charge in [0.1, 0.15) is 0 Å². The van der Waals surface area contributed by atoms with Crippen molar-refractivity contribution in [2.24, 2.45) is 5.73 Å². The zero-order valence-electron chi connectivity index (χ0n) is 31.3. The molecule has 0 saturated heterocycles. The van der Waals surface area contributed by atoms with Gasteiger partial charge in [-0.1, -0.05) is 173 Å². The Kier molecular flexibility index (Phi) is 26.4. The van der Waals surface area contributed by atoms with Crippen LogP contribution in [0.4, 0.5) is 0 Å². The summed E-state index contributed by atoms with van der Waals surface area (Å²) in [5.41, 5.74) is 8.48. The quantitative estimate of drug-likeness (QED) is 0.0647. The number of hydrogen-bond donors (Lipinski definition) is 3. The number of benzene rings is 1. The van der Waals surface area contributed by atoms with Crippen LogP contribution in [0.1, 0.15) is 174 Å². The number of carbonyl (C=O) groups is 1. The second-order valence-electron chi connectivity index (χ2n) is 14.3. The second-order valence-corrected chi connectivity index (χ2v) is 14.3. The first-order valence-electron chi connectivity index (χ1n) is 20.4. The van der Waals surface area contributed by atoms with E-state index in [1.807, 2.05) is 24.4 Å². The zero-order valence-corrected chi connectivity index (χ0v) is 31.3. The molecule has 0 aliphatic carbocycles. The second kappa shape index (κ2) is 30.0. The van der Waals surface area contributed by atoms with Gasteiger partial charge in [0.2, 0.25) is 5.91 Å². The molecule has 0 aliphatic rings. The van der Waals surface area contributed by atoms with E-state index in [1.165, 1.54) is 141 Å². The van der Waals surface area contributed by atoms with Crippen molar-refractivity contribution in [3.8, 4) is 0 Å². The number of fused-ring (bicyclic) bond motifs is 1. The van der Waals surface area contributed by atoms with Gasteiger partial charge in [-0.2, -0.15) is 0 Å². The molecule has 48 heavy (non-hydrogen) atoms. The minimum Gasteiger partial charge on any atom is -0.379 e. The first-order valence-corrected chi connectivity index (χ1v) is 20.4. The fourth-order valence-corrected chi connectivity index (χ4v) is 6.59. The zero-order chi connectivity index (χ0) is 34.3. The molecule has 1 amide bonds. The lowest BCUT2D eigenvalue weighted by atomic mass is 10.1. The Labute approximate surface area is 295 Å². The normalized spacial score (nSPS) is 12.9. The van der Waals surface area contributed by atoms with Gasteiger partial charge in [0, 0.05) is 36.9 Å². The molecule has 0 bridgehead atoms. The highest BCUT2D eigenvalue weighted by Gasteiger charge is 2.18. The molecule has 6 nitrogen and oxygen atoms in total. The number of amides is 1. The first-order chi connectivity index (χ1) is 23.7. The number of rotatable bonds is 34. The summed E-state index contributed by atoms with van der Waals surface area (Å²) in [6.07, 6.45) is 34.3. The summed E-state index contributed by atoms with van der Waals surface area (Å²) in [7, 11) is 0. The molecule has 1 unspecified atom stereocenters. The van der Waals surface area contributed by atoms with Crippen LogP contribution in [-0.2, 0) is 20.7 Å². The molecule has 1 aromatic heterocycles. The number of nitrogens with two attached hydrogens (primary N) is 1. The van der Waals surface area contributed by atoms with E-state index in [4.69, 9.17) is 15.2 Å². The van der Waals surface area contributed by atoms with Crippen LogP contribution in [0.2, 0.25) is 0 Å². The molecule has 276 valence electrons. The van der Waals surface area contributed by atoms with Crippen LogP contribution in [0.25, 0.3) is 10.9 Å². The Bertz CT molecular complexity index is 1010. The van der Waals surface area contributed by atoms with Crippen LogP contribution < -0.4 is 11.1 Å². The Morgan fingerprint density at radius 3 is 1.71 bits per heavy atom. The smallest absolute Gasteiger partial charge is 0.237 e. The van der Waals surface area contributed by atoms with Gasteiger partial charge in [0.15, 0.2) is 0 Å². The van der Waals surface area contributed by atoms with Gasteiger partial charge in [0.25, 0.3) is 0 Å². The van der Waals surface area contributed by atoms with E-state index in [2.05, 4.69) is 30.2 Å². The van der Waals surface area contributed by atoms with Crippen LogP contribution >= 0.6 is 0 Å². The number of para-hydroxylation sites is 1. The van der Waals surface area contributed by atoms with Crippen molar-refractivity contribution in [3.05, 3.63) is 36.0 Å². The van der Waals surface area contributed by atoms with Crippen LogP contribution in [0, 0.1) is 0 Å². The summed E-state index contributed by atoms with van der Waals surface area (Å²) in [5.74, 6) is -0.139. The predicted octanol–water partition coefficient (Wildman–Crippen LogP) is 11.0. The highest BCUT2D eigenvalue weighted by molar-refractivity contribution is 5.86. The van der Waals surface area contributed by atoms with Gasteiger partial charge in [-0.25, -0.2) is 0 Å². The van der Waals surface area contributed by atoms with Crippen molar-refractivity contribution in [1.82, 2.24) is 10.3 Å². The minimum atomic E-state index is -0.608. The highest BCUT2D eigenvalue weighted by atomic mass is 16.5. The lowest BCUT2D eigenvalue weighted by Crippen LogP contribution is -2.45. The van der Waals surface area contributed by atoms with Gasteiger partial charge >= 0.3 is 0 Å². The van der Waals surface area contributed by atoms with E-state index in [-0.39, 0.29) is 12.0 Å². The van der Waals surface area contributed by atoms with Crippen molar-refractivity contribution in [1.29, 1.82) is 0 Å². The summed E-state index contributed by atoms with van der Waals surface area (Å²) in [6, 6.07) is 7.52. The third-order valence-corrected chi connectivity index (χ3v) is 9.75. The lowest BCUT2D eigenvalue weighted by molar-refractivity contribution is -0.123.